The molecule has 0 fully saturated rings. The molecule has 0 spiro atoms. The molecule has 14 heavy (non-hydrogen) atoms. The average Bonchev–Trinajstić information content (AvgIpc) is 2.44. The van der Waals surface area contributed by atoms with Crippen LogP contribution in [0, 0.1) is 0 Å². The summed E-state index contributed by atoms with van der Waals surface area (Å²) in [4.78, 5) is 10.8. The van der Waals surface area contributed by atoms with E-state index in [9.17, 15) is 4.79 Å². The number of hydrogen-bond donors (Lipinski definition) is 1. The molecule has 2 nitrogen and oxygen atoms in total. The fourth-order valence-corrected chi connectivity index (χ4v) is 2.80. The maximum Gasteiger partial charge on any atom is 0.221 e. The summed E-state index contributed by atoms with van der Waals surface area (Å²) in [7, 11) is 0. The molecule has 72 valence electrons. The lowest BCUT2D eigenvalue weighted by molar-refractivity contribution is -0.114. The van der Waals surface area contributed by atoms with Gasteiger partial charge >= 0.3 is 0 Å². The highest BCUT2D eigenvalue weighted by Crippen LogP contribution is 2.31. The number of benzene rings is 1. The summed E-state index contributed by atoms with van der Waals surface area (Å²) in [6.45, 7) is 1.51. The number of amides is 1. The van der Waals surface area contributed by atoms with Crippen LogP contribution in [0.4, 0.5) is 5.00 Å². The number of carbonyl (C=O) groups excluding carboxylic acids is 1. The molecule has 1 aromatic carbocycles. The second-order valence-electron chi connectivity index (χ2n) is 2.97. The van der Waals surface area contributed by atoms with Crippen molar-refractivity contribution in [2.75, 3.05) is 5.32 Å². The van der Waals surface area contributed by atoms with Crippen molar-refractivity contribution in [2.24, 2.45) is 0 Å². The molecule has 2 rings (SSSR count). The first-order valence-electron chi connectivity index (χ1n) is 4.12. The molecule has 0 atom stereocenters. The van der Waals surface area contributed by atoms with Crippen molar-refractivity contribution in [3.8, 4) is 0 Å². The van der Waals surface area contributed by atoms with E-state index in [1.807, 2.05) is 24.3 Å². The van der Waals surface area contributed by atoms with E-state index < -0.39 is 0 Å². The van der Waals surface area contributed by atoms with Crippen LogP contribution in [0.15, 0.2) is 28.7 Å². The van der Waals surface area contributed by atoms with Crippen LogP contribution in [0.25, 0.3) is 10.1 Å². The van der Waals surface area contributed by atoms with Gasteiger partial charge < -0.3 is 5.32 Å². The smallest absolute Gasteiger partial charge is 0.221 e. The van der Waals surface area contributed by atoms with Gasteiger partial charge in [-0.25, -0.2) is 0 Å². The molecule has 0 bridgehead atoms. The van der Waals surface area contributed by atoms with E-state index in [1.165, 1.54) is 11.6 Å². The van der Waals surface area contributed by atoms with Gasteiger partial charge in [-0.1, -0.05) is 22.0 Å². The normalized spacial score (nSPS) is 10.4. The fraction of sp³-hybridized carbons (Fsp3) is 0.100. The Bertz CT molecular complexity index is 492. The summed E-state index contributed by atoms with van der Waals surface area (Å²) in [6, 6.07) is 8.05. The first-order valence-corrected chi connectivity index (χ1v) is 5.73. The quantitative estimate of drug-likeness (QED) is 0.842. The van der Waals surface area contributed by atoms with E-state index in [4.69, 9.17) is 0 Å². The Balaban J connectivity index is 2.46. The van der Waals surface area contributed by atoms with Crippen molar-refractivity contribution in [2.45, 2.75) is 6.92 Å². The van der Waals surface area contributed by atoms with Crippen molar-refractivity contribution in [1.29, 1.82) is 0 Å². The zero-order valence-corrected chi connectivity index (χ0v) is 9.91. The largest absolute Gasteiger partial charge is 0.318 e. The average molecular weight is 270 g/mol. The van der Waals surface area contributed by atoms with Gasteiger partial charge in [0, 0.05) is 16.1 Å². The lowest BCUT2D eigenvalue weighted by Gasteiger charge is -1.92. The number of halogens is 1. The van der Waals surface area contributed by atoms with Crippen LogP contribution in [0.1, 0.15) is 6.92 Å². The molecule has 2 aromatic rings. The highest BCUT2D eigenvalue weighted by molar-refractivity contribution is 9.10. The molecule has 1 heterocycles. The summed E-state index contributed by atoms with van der Waals surface area (Å²) in [5.41, 5.74) is 0. The Hall–Kier alpha value is -0.870. The predicted molar refractivity (Wildman–Crippen MR) is 63.8 cm³/mol. The molecule has 1 N–H and O–H groups in total. The summed E-state index contributed by atoms with van der Waals surface area (Å²) in [6.07, 6.45) is 0. The predicted octanol–water partition coefficient (Wildman–Crippen LogP) is 3.62. The van der Waals surface area contributed by atoms with Gasteiger partial charge in [-0.3, -0.25) is 4.79 Å². The number of anilines is 1. The molecule has 4 heteroatoms. The number of nitrogens with one attached hydrogen (secondary N) is 1. The van der Waals surface area contributed by atoms with Crippen molar-refractivity contribution >= 4 is 48.3 Å². The summed E-state index contributed by atoms with van der Waals surface area (Å²) in [5, 5.41) is 4.83. The van der Waals surface area contributed by atoms with Crippen molar-refractivity contribution < 1.29 is 4.79 Å². The van der Waals surface area contributed by atoms with Gasteiger partial charge in [-0.2, -0.15) is 0 Å². The third-order valence-electron chi connectivity index (χ3n) is 1.78. The van der Waals surface area contributed by atoms with Crippen LogP contribution >= 0.6 is 27.3 Å². The minimum atomic E-state index is -0.0318. The Morgan fingerprint density at radius 1 is 1.43 bits per heavy atom. The summed E-state index contributed by atoms with van der Waals surface area (Å²) < 4.78 is 2.23. The Labute approximate surface area is 94.1 Å². The number of rotatable bonds is 1. The topological polar surface area (TPSA) is 29.1 Å². The molecular formula is C10H8BrNOS. The zero-order valence-electron chi connectivity index (χ0n) is 7.50. The fourth-order valence-electron chi connectivity index (χ4n) is 1.24. The van der Waals surface area contributed by atoms with Crippen LogP contribution in [0.5, 0.6) is 0 Å². The molecule has 0 aliphatic rings. The molecule has 0 saturated carbocycles. The Kier molecular flexibility index (Phi) is 2.56. The van der Waals surface area contributed by atoms with Crippen LogP contribution in [0.3, 0.4) is 0 Å². The van der Waals surface area contributed by atoms with Gasteiger partial charge in [0.1, 0.15) is 0 Å². The summed E-state index contributed by atoms with van der Waals surface area (Å²) >= 11 is 4.99. The molecule has 1 amide bonds. The monoisotopic (exact) mass is 269 g/mol. The summed E-state index contributed by atoms with van der Waals surface area (Å²) in [5.74, 6) is -0.0318. The second kappa shape index (κ2) is 3.71. The standard InChI is InChI=1S/C10H8BrNOS/c1-6(13)12-10-4-7-2-3-8(11)5-9(7)14-10/h2-5H,1H3,(H,12,13). The molecule has 0 aliphatic carbocycles. The van der Waals surface area contributed by atoms with Gasteiger partial charge in [0.2, 0.25) is 5.91 Å². The van der Waals surface area contributed by atoms with E-state index in [0.29, 0.717) is 0 Å². The highest BCUT2D eigenvalue weighted by Gasteiger charge is 2.02. The molecule has 0 aliphatic heterocycles. The maximum atomic E-state index is 10.8. The third-order valence-corrected chi connectivity index (χ3v) is 3.29. The zero-order chi connectivity index (χ0) is 10.1. The van der Waals surface area contributed by atoms with Gasteiger partial charge in [0.25, 0.3) is 0 Å². The number of hydrogen-bond acceptors (Lipinski definition) is 2. The van der Waals surface area contributed by atoms with Crippen molar-refractivity contribution in [1.82, 2.24) is 0 Å². The van der Waals surface area contributed by atoms with Crippen LogP contribution in [-0.4, -0.2) is 5.91 Å². The highest BCUT2D eigenvalue weighted by atomic mass is 79.9. The first-order chi connectivity index (χ1) is 6.65. The van der Waals surface area contributed by atoms with E-state index in [-0.39, 0.29) is 5.91 Å². The van der Waals surface area contributed by atoms with Gasteiger partial charge in [-0.15, -0.1) is 11.3 Å². The maximum absolute atomic E-state index is 10.8. The van der Waals surface area contributed by atoms with Gasteiger partial charge in [0.15, 0.2) is 0 Å². The lowest BCUT2D eigenvalue weighted by Crippen LogP contribution is -2.03. The van der Waals surface area contributed by atoms with Gasteiger partial charge in [0.05, 0.1) is 5.00 Å². The molecular weight excluding hydrogens is 262 g/mol. The number of thiophene rings is 1. The van der Waals surface area contributed by atoms with E-state index in [0.717, 1.165) is 14.9 Å². The molecule has 1 aromatic heterocycles. The van der Waals surface area contributed by atoms with Crippen LogP contribution in [0.2, 0.25) is 0 Å². The third kappa shape index (κ3) is 1.96. The Morgan fingerprint density at radius 3 is 2.93 bits per heavy atom. The lowest BCUT2D eigenvalue weighted by atomic mass is 10.3. The molecule has 0 radical (unpaired) electrons. The molecule has 0 unspecified atom stereocenters. The SMILES string of the molecule is CC(=O)Nc1cc2ccc(Br)cc2s1. The minimum absolute atomic E-state index is 0.0318. The van der Waals surface area contributed by atoms with Crippen molar-refractivity contribution in [3.63, 3.8) is 0 Å². The minimum Gasteiger partial charge on any atom is -0.318 e. The Morgan fingerprint density at radius 2 is 2.21 bits per heavy atom. The second-order valence-corrected chi connectivity index (χ2v) is 4.97. The molecule has 0 saturated heterocycles. The first kappa shape index (κ1) is 9.68. The number of fused-ring (bicyclic) bond motifs is 1. The van der Waals surface area contributed by atoms with E-state index in [2.05, 4.69) is 21.2 Å². The van der Waals surface area contributed by atoms with Crippen LogP contribution in [-0.2, 0) is 4.79 Å². The van der Waals surface area contributed by atoms with Gasteiger partial charge in [-0.05, 0) is 23.6 Å². The van der Waals surface area contributed by atoms with Crippen LogP contribution < -0.4 is 5.32 Å². The van der Waals surface area contributed by atoms with E-state index >= 15 is 0 Å². The van der Waals surface area contributed by atoms with Crippen molar-refractivity contribution in [3.05, 3.63) is 28.7 Å². The number of carbonyl (C=O) groups is 1. The van der Waals surface area contributed by atoms with E-state index in [1.54, 1.807) is 11.3 Å².